The van der Waals surface area contributed by atoms with Gasteiger partial charge in [0.15, 0.2) is 0 Å². The number of carbonyl (C=O) groups is 1. The van der Waals surface area contributed by atoms with Crippen LogP contribution >= 0.6 is 0 Å². The molecule has 0 saturated carbocycles. The molecule has 0 atom stereocenters. The standard InChI is InChI=1S/C14H19NO5/c1-17-10-7-11(13(15)12(8-10)18-2)14(16)20-9-3-5-19-6-4-9/h7-9H,3-6,15H2,1-2H3. The van der Waals surface area contributed by atoms with Gasteiger partial charge >= 0.3 is 5.97 Å². The summed E-state index contributed by atoms with van der Waals surface area (Å²) in [6.07, 6.45) is 1.27. The summed E-state index contributed by atoms with van der Waals surface area (Å²) in [5.74, 6) is 0.421. The largest absolute Gasteiger partial charge is 0.497 e. The van der Waals surface area contributed by atoms with Crippen molar-refractivity contribution in [3.05, 3.63) is 17.7 Å². The molecule has 0 bridgehead atoms. The Kier molecular flexibility index (Phi) is 4.68. The van der Waals surface area contributed by atoms with Crippen LogP contribution in [-0.2, 0) is 9.47 Å². The molecule has 0 radical (unpaired) electrons. The molecule has 1 saturated heterocycles. The van der Waals surface area contributed by atoms with Gasteiger partial charge in [0, 0.05) is 18.9 Å². The molecule has 1 fully saturated rings. The van der Waals surface area contributed by atoms with E-state index in [9.17, 15) is 4.79 Å². The van der Waals surface area contributed by atoms with Crippen molar-refractivity contribution in [2.45, 2.75) is 18.9 Å². The average Bonchev–Trinajstić information content (AvgIpc) is 2.48. The summed E-state index contributed by atoms with van der Waals surface area (Å²) in [7, 11) is 3.00. The third kappa shape index (κ3) is 3.14. The van der Waals surface area contributed by atoms with Crippen LogP contribution < -0.4 is 15.2 Å². The van der Waals surface area contributed by atoms with Gasteiger partial charge in [-0.1, -0.05) is 0 Å². The minimum absolute atomic E-state index is 0.132. The Labute approximate surface area is 117 Å². The molecule has 110 valence electrons. The van der Waals surface area contributed by atoms with E-state index in [0.717, 1.165) is 0 Å². The summed E-state index contributed by atoms with van der Waals surface area (Å²) in [6.45, 7) is 1.21. The summed E-state index contributed by atoms with van der Waals surface area (Å²) in [5, 5.41) is 0. The van der Waals surface area contributed by atoms with Gasteiger partial charge in [0.05, 0.1) is 38.7 Å². The van der Waals surface area contributed by atoms with Crippen LogP contribution in [0.2, 0.25) is 0 Å². The van der Waals surface area contributed by atoms with Crippen molar-refractivity contribution in [3.63, 3.8) is 0 Å². The maximum atomic E-state index is 12.2. The van der Waals surface area contributed by atoms with E-state index >= 15 is 0 Å². The van der Waals surface area contributed by atoms with Crippen LogP contribution in [-0.4, -0.2) is 39.5 Å². The average molecular weight is 281 g/mol. The molecule has 0 spiro atoms. The molecule has 0 unspecified atom stereocenters. The number of anilines is 1. The maximum absolute atomic E-state index is 12.2. The van der Waals surface area contributed by atoms with Crippen LogP contribution in [0.4, 0.5) is 5.69 Å². The van der Waals surface area contributed by atoms with E-state index < -0.39 is 5.97 Å². The van der Waals surface area contributed by atoms with Crippen molar-refractivity contribution in [1.82, 2.24) is 0 Å². The molecule has 1 aromatic rings. The fraction of sp³-hybridized carbons (Fsp3) is 0.500. The topological polar surface area (TPSA) is 80.0 Å². The first-order chi connectivity index (χ1) is 9.65. The minimum atomic E-state index is -0.466. The molecule has 0 amide bonds. The Balaban J connectivity index is 2.19. The molecule has 0 aliphatic carbocycles. The van der Waals surface area contributed by atoms with Crippen molar-refractivity contribution in [2.75, 3.05) is 33.2 Å². The number of hydrogen-bond donors (Lipinski definition) is 1. The minimum Gasteiger partial charge on any atom is -0.497 e. The summed E-state index contributed by atoms with van der Waals surface area (Å²) < 4.78 is 20.9. The van der Waals surface area contributed by atoms with Gasteiger partial charge in [0.2, 0.25) is 0 Å². The van der Waals surface area contributed by atoms with Gasteiger partial charge in [0.25, 0.3) is 0 Å². The number of nitrogens with two attached hydrogens (primary N) is 1. The van der Waals surface area contributed by atoms with Crippen LogP contribution in [0.1, 0.15) is 23.2 Å². The quantitative estimate of drug-likeness (QED) is 0.667. The fourth-order valence-corrected chi connectivity index (χ4v) is 2.07. The number of benzene rings is 1. The lowest BCUT2D eigenvalue weighted by Crippen LogP contribution is -2.26. The van der Waals surface area contributed by atoms with Crippen molar-refractivity contribution >= 4 is 11.7 Å². The molecule has 2 rings (SSSR count). The van der Waals surface area contributed by atoms with Crippen LogP contribution in [0, 0.1) is 0 Å². The molecule has 6 nitrogen and oxygen atoms in total. The zero-order valence-electron chi connectivity index (χ0n) is 11.7. The Morgan fingerprint density at radius 1 is 1.25 bits per heavy atom. The van der Waals surface area contributed by atoms with E-state index in [1.165, 1.54) is 14.2 Å². The lowest BCUT2D eigenvalue weighted by Gasteiger charge is -2.22. The van der Waals surface area contributed by atoms with Gasteiger partial charge < -0.3 is 24.7 Å². The van der Waals surface area contributed by atoms with E-state index in [4.69, 9.17) is 24.7 Å². The molecule has 6 heteroatoms. The summed E-state index contributed by atoms with van der Waals surface area (Å²) >= 11 is 0. The van der Waals surface area contributed by atoms with Crippen molar-refractivity contribution in [1.29, 1.82) is 0 Å². The molecular weight excluding hydrogens is 262 g/mol. The molecule has 1 heterocycles. The smallest absolute Gasteiger partial charge is 0.340 e. The van der Waals surface area contributed by atoms with Gasteiger partial charge in [-0.15, -0.1) is 0 Å². The van der Waals surface area contributed by atoms with E-state index in [1.807, 2.05) is 0 Å². The highest BCUT2D eigenvalue weighted by Gasteiger charge is 2.22. The summed E-state index contributed by atoms with van der Waals surface area (Å²) in [5.41, 5.74) is 6.43. The fourth-order valence-electron chi connectivity index (χ4n) is 2.07. The third-order valence-corrected chi connectivity index (χ3v) is 3.23. The van der Waals surface area contributed by atoms with E-state index in [0.29, 0.717) is 37.6 Å². The molecule has 1 aromatic carbocycles. The molecule has 2 N–H and O–H groups in total. The Bertz CT molecular complexity index is 483. The number of ether oxygens (including phenoxy) is 4. The highest BCUT2D eigenvalue weighted by Crippen LogP contribution is 2.32. The van der Waals surface area contributed by atoms with Crippen molar-refractivity contribution < 1.29 is 23.7 Å². The second kappa shape index (κ2) is 6.47. The van der Waals surface area contributed by atoms with Gasteiger partial charge in [-0.05, 0) is 6.07 Å². The third-order valence-electron chi connectivity index (χ3n) is 3.23. The van der Waals surface area contributed by atoms with Gasteiger partial charge in [0.1, 0.15) is 17.6 Å². The number of rotatable bonds is 4. The van der Waals surface area contributed by atoms with Crippen LogP contribution in [0.15, 0.2) is 12.1 Å². The van der Waals surface area contributed by atoms with Crippen LogP contribution in [0.25, 0.3) is 0 Å². The zero-order valence-corrected chi connectivity index (χ0v) is 11.7. The number of nitrogen functional groups attached to an aromatic ring is 1. The number of carbonyl (C=O) groups excluding carboxylic acids is 1. The normalized spacial score (nSPS) is 15.7. The highest BCUT2D eigenvalue weighted by molar-refractivity contribution is 5.97. The highest BCUT2D eigenvalue weighted by atomic mass is 16.6. The predicted molar refractivity (Wildman–Crippen MR) is 73.2 cm³/mol. The second-order valence-corrected chi connectivity index (χ2v) is 4.51. The first-order valence-corrected chi connectivity index (χ1v) is 6.46. The molecule has 1 aliphatic rings. The number of methoxy groups -OCH3 is 2. The molecule has 20 heavy (non-hydrogen) atoms. The SMILES string of the molecule is COc1cc(OC)c(N)c(C(=O)OC2CCOCC2)c1. The lowest BCUT2D eigenvalue weighted by molar-refractivity contribution is -0.0158. The van der Waals surface area contributed by atoms with E-state index in [-0.39, 0.29) is 17.4 Å². The van der Waals surface area contributed by atoms with Gasteiger partial charge in [-0.25, -0.2) is 4.79 Å². The Hall–Kier alpha value is -1.95. The monoisotopic (exact) mass is 281 g/mol. The van der Waals surface area contributed by atoms with Gasteiger partial charge in [-0.2, -0.15) is 0 Å². The molecule has 0 aromatic heterocycles. The second-order valence-electron chi connectivity index (χ2n) is 4.51. The zero-order chi connectivity index (χ0) is 14.5. The van der Waals surface area contributed by atoms with E-state index in [1.54, 1.807) is 12.1 Å². The Morgan fingerprint density at radius 3 is 2.55 bits per heavy atom. The predicted octanol–water partition coefficient (Wildman–Crippen LogP) is 1.62. The van der Waals surface area contributed by atoms with Gasteiger partial charge in [-0.3, -0.25) is 0 Å². The molecular formula is C14H19NO5. The van der Waals surface area contributed by atoms with Crippen molar-refractivity contribution in [2.24, 2.45) is 0 Å². The van der Waals surface area contributed by atoms with Crippen LogP contribution in [0.3, 0.4) is 0 Å². The summed E-state index contributed by atoms with van der Waals surface area (Å²) in [4.78, 5) is 12.2. The summed E-state index contributed by atoms with van der Waals surface area (Å²) in [6, 6.07) is 3.18. The first-order valence-electron chi connectivity index (χ1n) is 6.46. The van der Waals surface area contributed by atoms with Crippen LogP contribution in [0.5, 0.6) is 11.5 Å². The number of esters is 1. The Morgan fingerprint density at radius 2 is 1.95 bits per heavy atom. The van der Waals surface area contributed by atoms with Crippen molar-refractivity contribution in [3.8, 4) is 11.5 Å². The maximum Gasteiger partial charge on any atom is 0.340 e. The molecule has 1 aliphatic heterocycles. The van der Waals surface area contributed by atoms with E-state index in [2.05, 4.69) is 0 Å². The first kappa shape index (κ1) is 14.5. The number of hydrogen-bond acceptors (Lipinski definition) is 6. The lowest BCUT2D eigenvalue weighted by atomic mass is 10.1.